The number of anilines is 1. The van der Waals surface area contributed by atoms with Crippen LogP contribution in [-0.2, 0) is 0 Å². The molecule has 0 amide bonds. The lowest BCUT2D eigenvalue weighted by molar-refractivity contribution is 0.221. The second kappa shape index (κ2) is 6.31. The van der Waals surface area contributed by atoms with E-state index in [0.717, 1.165) is 18.8 Å². The molecule has 0 aliphatic rings. The first-order chi connectivity index (χ1) is 9.60. The molecule has 0 fully saturated rings. The van der Waals surface area contributed by atoms with Gasteiger partial charge in [0.25, 0.3) is 0 Å². The van der Waals surface area contributed by atoms with Gasteiger partial charge >= 0.3 is 6.01 Å². The molecule has 0 saturated heterocycles. The number of nitrogens with one attached hydrogen (secondary N) is 1. The van der Waals surface area contributed by atoms with Gasteiger partial charge in [-0.2, -0.15) is 15.0 Å². The molecule has 0 bridgehead atoms. The minimum atomic E-state index is 0.00755. The van der Waals surface area contributed by atoms with E-state index in [9.17, 15) is 0 Å². The quantitative estimate of drug-likeness (QED) is 0.869. The summed E-state index contributed by atoms with van der Waals surface area (Å²) < 4.78 is 7.38. The van der Waals surface area contributed by atoms with E-state index >= 15 is 0 Å². The van der Waals surface area contributed by atoms with Crippen LogP contribution in [0.2, 0.25) is 0 Å². The van der Waals surface area contributed by atoms with Crippen LogP contribution < -0.4 is 10.1 Å². The number of ether oxygens (including phenoxy) is 1. The molecule has 20 heavy (non-hydrogen) atoms. The van der Waals surface area contributed by atoms with Gasteiger partial charge in [-0.05, 0) is 27.2 Å². The normalized spacial score (nSPS) is 10.8. The van der Waals surface area contributed by atoms with Crippen LogP contribution in [0.4, 0.5) is 5.95 Å². The monoisotopic (exact) mass is 276 g/mol. The summed E-state index contributed by atoms with van der Waals surface area (Å²) in [4.78, 5) is 17.2. The molecule has 0 aliphatic heterocycles. The number of aromatic nitrogens is 5. The first kappa shape index (κ1) is 14.2. The van der Waals surface area contributed by atoms with Crippen molar-refractivity contribution < 1.29 is 4.74 Å². The third-order valence-corrected chi connectivity index (χ3v) is 2.52. The highest BCUT2D eigenvalue weighted by Crippen LogP contribution is 2.13. The summed E-state index contributed by atoms with van der Waals surface area (Å²) in [6.07, 6.45) is 4.52. The Bertz CT molecular complexity index is 566. The summed E-state index contributed by atoms with van der Waals surface area (Å²) in [6, 6.07) is 0.316. The molecule has 2 heterocycles. The lowest BCUT2D eigenvalue weighted by Crippen LogP contribution is -2.14. The third kappa shape index (κ3) is 3.43. The molecule has 0 unspecified atom stereocenters. The number of hydrogen-bond acceptors (Lipinski definition) is 6. The highest BCUT2D eigenvalue weighted by Gasteiger charge is 2.11. The van der Waals surface area contributed by atoms with Crippen molar-refractivity contribution in [3.8, 4) is 12.0 Å². The van der Waals surface area contributed by atoms with Gasteiger partial charge < -0.3 is 10.1 Å². The first-order valence-corrected chi connectivity index (χ1v) is 6.77. The van der Waals surface area contributed by atoms with Gasteiger partial charge in [-0.25, -0.2) is 4.98 Å². The Morgan fingerprint density at radius 3 is 2.70 bits per heavy atom. The molecular weight excluding hydrogens is 256 g/mol. The Balaban J connectivity index is 2.37. The summed E-state index contributed by atoms with van der Waals surface area (Å²) in [5, 5.41) is 3.15. The molecule has 108 valence electrons. The molecule has 7 nitrogen and oxygen atoms in total. The predicted octanol–water partition coefficient (Wildman–Crippen LogP) is 1.97. The van der Waals surface area contributed by atoms with E-state index in [2.05, 4.69) is 32.2 Å². The third-order valence-electron chi connectivity index (χ3n) is 2.52. The fourth-order valence-electron chi connectivity index (χ4n) is 1.62. The molecule has 0 spiro atoms. The molecule has 1 N–H and O–H groups in total. The highest BCUT2D eigenvalue weighted by atomic mass is 16.5. The van der Waals surface area contributed by atoms with Gasteiger partial charge in [0.1, 0.15) is 5.82 Å². The van der Waals surface area contributed by atoms with E-state index in [4.69, 9.17) is 4.74 Å². The van der Waals surface area contributed by atoms with Gasteiger partial charge in [0.15, 0.2) is 0 Å². The molecule has 7 heteroatoms. The van der Waals surface area contributed by atoms with Crippen LogP contribution in [0.15, 0.2) is 12.4 Å². The summed E-state index contributed by atoms with van der Waals surface area (Å²) >= 11 is 0. The van der Waals surface area contributed by atoms with E-state index in [1.807, 2.05) is 27.0 Å². The standard InChI is InChI=1S/C13H20N6O/c1-5-6-15-11-16-12(19-8-7-14-10(19)4)18-13(17-11)20-9(2)3/h7-9H,5-6H2,1-4H3,(H,15,16,17,18). The van der Waals surface area contributed by atoms with Crippen molar-refractivity contribution in [3.63, 3.8) is 0 Å². The van der Waals surface area contributed by atoms with E-state index < -0.39 is 0 Å². The van der Waals surface area contributed by atoms with Crippen molar-refractivity contribution in [1.82, 2.24) is 24.5 Å². The Hall–Kier alpha value is -2.18. The lowest BCUT2D eigenvalue weighted by Gasteiger charge is -2.11. The minimum absolute atomic E-state index is 0.00755. The molecule has 0 atom stereocenters. The van der Waals surface area contributed by atoms with Crippen LogP contribution >= 0.6 is 0 Å². The largest absolute Gasteiger partial charge is 0.461 e. The fraction of sp³-hybridized carbons (Fsp3) is 0.538. The van der Waals surface area contributed by atoms with Gasteiger partial charge in [-0.1, -0.05) is 6.92 Å². The number of nitrogens with zero attached hydrogens (tertiary/aromatic N) is 5. The number of hydrogen-bond donors (Lipinski definition) is 1. The maximum Gasteiger partial charge on any atom is 0.323 e. The number of aryl methyl sites for hydroxylation is 1. The van der Waals surface area contributed by atoms with Crippen LogP contribution in [0.5, 0.6) is 6.01 Å². The number of rotatable bonds is 6. The zero-order valence-electron chi connectivity index (χ0n) is 12.3. The van der Waals surface area contributed by atoms with Crippen molar-refractivity contribution in [2.24, 2.45) is 0 Å². The Kier molecular flexibility index (Phi) is 4.49. The van der Waals surface area contributed by atoms with E-state index in [1.54, 1.807) is 10.8 Å². The summed E-state index contributed by atoms with van der Waals surface area (Å²) in [7, 11) is 0. The molecule has 0 saturated carbocycles. The predicted molar refractivity (Wildman–Crippen MR) is 76.2 cm³/mol. The van der Waals surface area contributed by atoms with E-state index in [1.165, 1.54) is 0 Å². The number of imidazole rings is 1. The summed E-state index contributed by atoms with van der Waals surface area (Å²) in [6.45, 7) is 8.65. The Labute approximate surface area is 118 Å². The van der Waals surface area contributed by atoms with Crippen molar-refractivity contribution in [2.75, 3.05) is 11.9 Å². The van der Waals surface area contributed by atoms with Crippen LogP contribution in [0.3, 0.4) is 0 Å². The first-order valence-electron chi connectivity index (χ1n) is 6.77. The Morgan fingerprint density at radius 1 is 1.30 bits per heavy atom. The maximum atomic E-state index is 5.58. The summed E-state index contributed by atoms with van der Waals surface area (Å²) in [5.41, 5.74) is 0. The molecular formula is C13H20N6O. The van der Waals surface area contributed by atoms with Crippen molar-refractivity contribution >= 4 is 5.95 Å². The molecule has 2 aromatic rings. The zero-order valence-corrected chi connectivity index (χ0v) is 12.3. The topological polar surface area (TPSA) is 77.8 Å². The van der Waals surface area contributed by atoms with Crippen molar-refractivity contribution in [1.29, 1.82) is 0 Å². The highest BCUT2D eigenvalue weighted by molar-refractivity contribution is 5.31. The second-order valence-corrected chi connectivity index (χ2v) is 4.68. The maximum absolute atomic E-state index is 5.58. The van der Waals surface area contributed by atoms with Crippen molar-refractivity contribution in [2.45, 2.75) is 40.2 Å². The molecule has 2 rings (SSSR count). The molecule has 0 aliphatic carbocycles. The fourth-order valence-corrected chi connectivity index (χ4v) is 1.62. The van der Waals surface area contributed by atoms with Crippen LogP contribution in [0, 0.1) is 6.92 Å². The lowest BCUT2D eigenvalue weighted by atomic mass is 10.5. The van der Waals surface area contributed by atoms with Gasteiger partial charge in [-0.3, -0.25) is 4.57 Å². The Morgan fingerprint density at radius 2 is 2.10 bits per heavy atom. The summed E-state index contributed by atoms with van der Waals surface area (Å²) in [5.74, 6) is 1.83. The van der Waals surface area contributed by atoms with Gasteiger partial charge in [0.05, 0.1) is 6.10 Å². The minimum Gasteiger partial charge on any atom is -0.461 e. The van der Waals surface area contributed by atoms with Crippen molar-refractivity contribution in [3.05, 3.63) is 18.2 Å². The van der Waals surface area contributed by atoms with Gasteiger partial charge in [0.2, 0.25) is 11.9 Å². The second-order valence-electron chi connectivity index (χ2n) is 4.68. The van der Waals surface area contributed by atoms with E-state index in [0.29, 0.717) is 17.9 Å². The van der Waals surface area contributed by atoms with Crippen LogP contribution in [0.25, 0.3) is 5.95 Å². The van der Waals surface area contributed by atoms with Crippen LogP contribution in [-0.4, -0.2) is 37.2 Å². The molecule has 0 radical (unpaired) electrons. The average molecular weight is 276 g/mol. The van der Waals surface area contributed by atoms with Gasteiger partial charge in [-0.15, -0.1) is 0 Å². The zero-order chi connectivity index (χ0) is 14.5. The molecule has 0 aromatic carbocycles. The van der Waals surface area contributed by atoms with E-state index in [-0.39, 0.29) is 6.10 Å². The SMILES string of the molecule is CCCNc1nc(OC(C)C)nc(-n2ccnc2C)n1. The molecule has 2 aromatic heterocycles. The smallest absolute Gasteiger partial charge is 0.323 e. The van der Waals surface area contributed by atoms with Crippen LogP contribution in [0.1, 0.15) is 33.0 Å². The van der Waals surface area contributed by atoms with Gasteiger partial charge in [0, 0.05) is 18.9 Å². The average Bonchev–Trinajstić information content (AvgIpc) is 2.81.